The molecule has 4 fully saturated rings. The molecule has 3 heterocycles. The van der Waals surface area contributed by atoms with Crippen LogP contribution < -0.4 is 10.6 Å². The van der Waals surface area contributed by atoms with E-state index in [4.69, 9.17) is 0 Å². The topological polar surface area (TPSA) is 101 Å². The van der Waals surface area contributed by atoms with Crippen molar-refractivity contribution in [1.29, 1.82) is 5.26 Å². The number of hydrogen-bond donors (Lipinski definition) is 2. The van der Waals surface area contributed by atoms with Gasteiger partial charge in [0, 0.05) is 49.8 Å². The van der Waals surface area contributed by atoms with Crippen molar-refractivity contribution in [3.05, 3.63) is 30.1 Å². The summed E-state index contributed by atoms with van der Waals surface area (Å²) in [7, 11) is 0. The van der Waals surface area contributed by atoms with Crippen molar-refractivity contribution in [2.45, 2.75) is 74.9 Å². The summed E-state index contributed by atoms with van der Waals surface area (Å²) in [4.78, 5) is 33.8. The molecule has 2 aliphatic heterocycles. The number of carbonyl (C=O) groups excluding carboxylic acids is 2. The summed E-state index contributed by atoms with van der Waals surface area (Å²) in [6.45, 7) is 3.26. The molecule has 8 nitrogen and oxygen atoms in total. The van der Waals surface area contributed by atoms with Crippen molar-refractivity contribution in [1.82, 2.24) is 25.4 Å². The number of nitrogens with one attached hydrogen (secondary N) is 2. The molecule has 0 bridgehead atoms. The van der Waals surface area contributed by atoms with Crippen LogP contribution in [0.15, 0.2) is 24.5 Å². The summed E-state index contributed by atoms with van der Waals surface area (Å²) < 4.78 is 29.9. The predicted octanol–water partition coefficient (Wildman–Crippen LogP) is 2.46. The van der Waals surface area contributed by atoms with Gasteiger partial charge in [-0.1, -0.05) is 0 Å². The zero-order valence-corrected chi connectivity index (χ0v) is 19.8. The number of halogens is 2. The lowest BCUT2D eigenvalue weighted by Gasteiger charge is -2.54. The van der Waals surface area contributed by atoms with E-state index < -0.39 is 42.3 Å². The van der Waals surface area contributed by atoms with Gasteiger partial charge in [0.2, 0.25) is 5.91 Å². The monoisotopic (exact) mass is 486 g/mol. The van der Waals surface area contributed by atoms with Gasteiger partial charge in [-0.2, -0.15) is 5.26 Å². The van der Waals surface area contributed by atoms with Gasteiger partial charge >= 0.3 is 6.03 Å². The van der Waals surface area contributed by atoms with Crippen molar-refractivity contribution in [2.75, 3.05) is 26.2 Å². The summed E-state index contributed by atoms with van der Waals surface area (Å²) >= 11 is 0. The molecule has 5 rings (SSSR count). The molecule has 1 atom stereocenters. The summed E-state index contributed by atoms with van der Waals surface area (Å²) in [5, 5.41) is 14.4. The molecule has 2 saturated heterocycles. The summed E-state index contributed by atoms with van der Waals surface area (Å²) in [6.07, 6.45) is 7.07. The van der Waals surface area contributed by atoms with Gasteiger partial charge < -0.3 is 20.4 Å². The maximum atomic E-state index is 15.0. The Morgan fingerprint density at radius 1 is 1.17 bits per heavy atom. The number of alkyl halides is 2. The zero-order chi connectivity index (χ0) is 24.7. The molecule has 188 valence electrons. The normalized spacial score (nSPS) is 23.6. The lowest BCUT2D eigenvalue weighted by atomic mass is 9.72. The van der Waals surface area contributed by atoms with Gasteiger partial charge in [-0.15, -0.1) is 0 Å². The fourth-order valence-electron chi connectivity index (χ4n) is 5.36. The fraction of sp³-hybridized carbons (Fsp3) is 0.680. The predicted molar refractivity (Wildman–Crippen MR) is 123 cm³/mol. The highest BCUT2D eigenvalue weighted by atomic mass is 19.3. The van der Waals surface area contributed by atoms with E-state index in [-0.39, 0.29) is 5.41 Å². The molecule has 0 aromatic carbocycles. The van der Waals surface area contributed by atoms with E-state index in [1.807, 2.05) is 6.07 Å². The molecule has 1 spiro atoms. The maximum absolute atomic E-state index is 15.0. The minimum absolute atomic E-state index is 0.102. The van der Waals surface area contributed by atoms with E-state index in [0.29, 0.717) is 31.5 Å². The molecular weight excluding hydrogens is 454 g/mol. The minimum atomic E-state index is -3.23. The van der Waals surface area contributed by atoms with Gasteiger partial charge in [0.1, 0.15) is 11.6 Å². The van der Waals surface area contributed by atoms with E-state index in [0.717, 1.165) is 32.0 Å². The molecule has 1 aromatic heterocycles. The average molecular weight is 487 g/mol. The first-order valence-electron chi connectivity index (χ1n) is 12.5. The van der Waals surface area contributed by atoms with Gasteiger partial charge in [-0.25, -0.2) is 13.6 Å². The van der Waals surface area contributed by atoms with E-state index in [1.165, 1.54) is 37.4 Å². The largest absolute Gasteiger partial charge is 0.336 e. The number of hydrogen-bond acceptors (Lipinski definition) is 5. The van der Waals surface area contributed by atoms with E-state index in [9.17, 15) is 23.6 Å². The lowest BCUT2D eigenvalue weighted by molar-refractivity contribution is -0.126. The van der Waals surface area contributed by atoms with Crippen LogP contribution in [0.4, 0.5) is 13.6 Å². The first-order chi connectivity index (χ1) is 16.7. The van der Waals surface area contributed by atoms with Crippen LogP contribution in [0, 0.1) is 16.7 Å². The third-order valence-electron chi connectivity index (χ3n) is 7.92. The Morgan fingerprint density at radius 2 is 1.83 bits per heavy atom. The molecule has 1 aromatic rings. The molecule has 4 aliphatic rings. The molecule has 2 N–H and O–H groups in total. The van der Waals surface area contributed by atoms with Crippen molar-refractivity contribution < 1.29 is 18.4 Å². The first-order valence-corrected chi connectivity index (χ1v) is 12.5. The summed E-state index contributed by atoms with van der Waals surface area (Å²) in [6, 6.07) is 3.86. The van der Waals surface area contributed by atoms with Crippen LogP contribution in [0.3, 0.4) is 0 Å². The highest BCUT2D eigenvalue weighted by molar-refractivity contribution is 5.88. The molecule has 35 heavy (non-hydrogen) atoms. The number of nitriles is 1. The Bertz CT molecular complexity index is 989. The number of amides is 3. The second kappa shape index (κ2) is 9.01. The maximum Gasteiger partial charge on any atom is 0.318 e. The van der Waals surface area contributed by atoms with Gasteiger partial charge in [-0.05, 0) is 69.3 Å². The van der Waals surface area contributed by atoms with E-state index >= 15 is 0 Å². The Balaban J connectivity index is 1.20. The second-order valence-electron chi connectivity index (χ2n) is 10.9. The summed E-state index contributed by atoms with van der Waals surface area (Å²) in [5.41, 5.74) is -0.505. The Kier molecular flexibility index (Phi) is 6.16. The van der Waals surface area contributed by atoms with Crippen molar-refractivity contribution in [3.8, 4) is 6.07 Å². The Morgan fingerprint density at radius 3 is 2.40 bits per heavy atom. The van der Waals surface area contributed by atoms with Crippen LogP contribution in [0.1, 0.15) is 50.5 Å². The standard InChI is InChI=1S/C25H32F2N6O2/c26-25(27,13-18-3-9-29-10-4-18)14-20(21(34)31-24(15-28)5-6-24)30-22(35)33-16-23(17-33)7-11-32(12-8-23)19-1-2-19/h3-4,9-10,19-20H,1-2,5-8,11-14,16-17H2,(H,30,35)(H,31,34). The average Bonchev–Trinajstić information content (AvgIpc) is 3.73. The van der Waals surface area contributed by atoms with E-state index in [2.05, 4.69) is 20.5 Å². The molecule has 2 aliphatic carbocycles. The van der Waals surface area contributed by atoms with Crippen molar-refractivity contribution in [2.24, 2.45) is 5.41 Å². The third kappa shape index (κ3) is 5.56. The van der Waals surface area contributed by atoms with E-state index in [1.54, 1.807) is 4.90 Å². The number of rotatable bonds is 8. The number of likely N-dealkylation sites (tertiary alicyclic amines) is 2. The first kappa shape index (κ1) is 23.9. The number of urea groups is 1. The minimum Gasteiger partial charge on any atom is -0.336 e. The molecule has 3 amide bonds. The van der Waals surface area contributed by atoms with Gasteiger partial charge in [0.25, 0.3) is 5.92 Å². The lowest BCUT2D eigenvalue weighted by Crippen LogP contribution is -2.65. The SMILES string of the molecule is N#CC1(NC(=O)C(CC(F)(F)Cc2ccncc2)NC(=O)N2CC3(CCN(C4CC4)CC3)C2)CC1. The van der Waals surface area contributed by atoms with Crippen LogP contribution in [0.2, 0.25) is 0 Å². The number of nitrogens with zero attached hydrogens (tertiary/aromatic N) is 4. The van der Waals surface area contributed by atoms with Crippen molar-refractivity contribution in [3.63, 3.8) is 0 Å². The van der Waals surface area contributed by atoms with Crippen molar-refractivity contribution >= 4 is 11.9 Å². The highest BCUT2D eigenvalue weighted by Gasteiger charge is 2.50. The fourth-order valence-corrected chi connectivity index (χ4v) is 5.36. The van der Waals surface area contributed by atoms with Crippen LogP contribution in [0.5, 0.6) is 0 Å². The summed E-state index contributed by atoms with van der Waals surface area (Å²) in [5.74, 6) is -3.97. The van der Waals surface area contributed by atoms with Crippen LogP contribution in [-0.2, 0) is 11.2 Å². The molecular formula is C25H32F2N6O2. The van der Waals surface area contributed by atoms with Gasteiger partial charge in [0.15, 0.2) is 0 Å². The quantitative estimate of drug-likeness (QED) is 0.588. The molecule has 1 unspecified atom stereocenters. The van der Waals surface area contributed by atoms with Gasteiger partial charge in [0.05, 0.1) is 6.07 Å². The van der Waals surface area contributed by atoms with Crippen LogP contribution in [-0.4, -0.2) is 76.4 Å². The number of piperidine rings is 1. The number of pyridine rings is 1. The second-order valence-corrected chi connectivity index (χ2v) is 10.9. The van der Waals surface area contributed by atoms with Gasteiger partial charge in [-0.3, -0.25) is 9.78 Å². The zero-order valence-electron chi connectivity index (χ0n) is 19.8. The molecule has 10 heteroatoms. The molecule has 2 saturated carbocycles. The number of aromatic nitrogens is 1. The Labute approximate surface area is 204 Å². The highest BCUT2D eigenvalue weighted by Crippen LogP contribution is 2.43. The number of carbonyl (C=O) groups is 2. The third-order valence-corrected chi connectivity index (χ3v) is 7.92. The van der Waals surface area contributed by atoms with Crippen LogP contribution in [0.25, 0.3) is 0 Å². The smallest absolute Gasteiger partial charge is 0.318 e. The Hall–Kier alpha value is -2.80. The molecule has 0 radical (unpaired) electrons. The van der Waals surface area contributed by atoms with Crippen LogP contribution >= 0.6 is 0 Å².